The lowest BCUT2D eigenvalue weighted by Crippen LogP contribution is -1.84. The molecule has 1 heterocycles. The minimum absolute atomic E-state index is 0.659. The summed E-state index contributed by atoms with van der Waals surface area (Å²) in [6, 6.07) is 5.66. The fourth-order valence-electron chi connectivity index (χ4n) is 1.65. The normalized spacial score (nSPS) is 10.9. The molecule has 0 atom stereocenters. The minimum Gasteiger partial charge on any atom is -0.447 e. The zero-order chi connectivity index (χ0) is 12.2. The molecule has 1 rings (SSSR count). The predicted octanol–water partition coefficient (Wildman–Crippen LogP) is 4.72. The smallest absolute Gasteiger partial charge is 0.218 e. The maximum Gasteiger partial charge on any atom is 0.218 e. The van der Waals surface area contributed by atoms with Crippen LogP contribution in [0.1, 0.15) is 51.9 Å². The Morgan fingerprint density at radius 2 is 1.94 bits per heavy atom. The number of hydrogen-bond acceptors (Lipinski definition) is 2. The number of unbranched alkanes of at least 4 members (excludes halogenated alkanes) is 6. The molecule has 0 aliphatic heterocycles. The van der Waals surface area contributed by atoms with Gasteiger partial charge in [0, 0.05) is 12.3 Å². The van der Waals surface area contributed by atoms with Gasteiger partial charge >= 0.3 is 0 Å². The molecule has 0 aliphatic carbocycles. The molecule has 0 aromatic carbocycles. The third-order valence-corrected chi connectivity index (χ3v) is 2.65. The van der Waals surface area contributed by atoms with E-state index in [4.69, 9.17) is 4.74 Å². The van der Waals surface area contributed by atoms with Crippen molar-refractivity contribution >= 4 is 0 Å². The Balaban J connectivity index is 1.96. The topological polar surface area (TPSA) is 22.1 Å². The van der Waals surface area contributed by atoms with Gasteiger partial charge in [-0.1, -0.05) is 45.1 Å². The Bertz CT molecular complexity index is 295. The summed E-state index contributed by atoms with van der Waals surface area (Å²) in [5.41, 5.74) is 0. The van der Waals surface area contributed by atoms with Gasteiger partial charge in [-0.2, -0.15) is 0 Å². The van der Waals surface area contributed by atoms with E-state index in [9.17, 15) is 0 Å². The van der Waals surface area contributed by atoms with Crippen molar-refractivity contribution in [3.63, 3.8) is 0 Å². The van der Waals surface area contributed by atoms with Crippen LogP contribution in [0.25, 0.3) is 0 Å². The first-order valence-corrected chi connectivity index (χ1v) is 6.66. The zero-order valence-electron chi connectivity index (χ0n) is 10.8. The van der Waals surface area contributed by atoms with Gasteiger partial charge < -0.3 is 4.74 Å². The molecule has 0 aliphatic rings. The summed E-state index contributed by atoms with van der Waals surface area (Å²) < 4.78 is 5.36. The molecule has 2 nitrogen and oxygen atoms in total. The van der Waals surface area contributed by atoms with E-state index in [0.29, 0.717) is 5.88 Å². The summed E-state index contributed by atoms with van der Waals surface area (Å²) in [6.07, 6.45) is 14.7. The molecule has 0 saturated heterocycles. The van der Waals surface area contributed by atoms with Crippen LogP contribution in [0, 0.1) is 0 Å². The highest BCUT2D eigenvalue weighted by atomic mass is 16.5. The third kappa shape index (κ3) is 7.56. The van der Waals surface area contributed by atoms with E-state index in [2.05, 4.69) is 18.0 Å². The van der Waals surface area contributed by atoms with Crippen molar-refractivity contribution in [3.05, 3.63) is 36.7 Å². The summed E-state index contributed by atoms with van der Waals surface area (Å²) in [6.45, 7) is 2.25. The maximum atomic E-state index is 5.36. The Morgan fingerprint density at radius 3 is 2.71 bits per heavy atom. The number of allylic oxidation sites excluding steroid dienone is 1. The maximum absolute atomic E-state index is 5.36. The number of hydrogen-bond donors (Lipinski definition) is 0. The summed E-state index contributed by atoms with van der Waals surface area (Å²) in [7, 11) is 0. The molecule has 0 saturated carbocycles. The molecular formula is C15H23NO. The Kier molecular flexibility index (Phi) is 8.00. The van der Waals surface area contributed by atoms with Crippen LogP contribution < -0.4 is 4.74 Å². The molecule has 17 heavy (non-hydrogen) atoms. The first-order valence-electron chi connectivity index (χ1n) is 6.66. The van der Waals surface area contributed by atoms with E-state index < -0.39 is 0 Å². The van der Waals surface area contributed by atoms with Crippen LogP contribution >= 0.6 is 0 Å². The summed E-state index contributed by atoms with van der Waals surface area (Å²) in [5.74, 6) is 0.659. The number of ether oxygens (including phenoxy) is 1. The minimum atomic E-state index is 0.659. The van der Waals surface area contributed by atoms with Crippen LogP contribution in [-0.4, -0.2) is 4.98 Å². The Labute approximate surface area is 105 Å². The molecule has 0 amide bonds. The molecule has 1 aromatic heterocycles. The molecule has 0 spiro atoms. The van der Waals surface area contributed by atoms with Crippen molar-refractivity contribution in [1.29, 1.82) is 0 Å². The van der Waals surface area contributed by atoms with Crippen LogP contribution in [0.15, 0.2) is 36.7 Å². The van der Waals surface area contributed by atoms with E-state index in [0.717, 1.165) is 6.42 Å². The molecule has 1 aromatic rings. The third-order valence-electron chi connectivity index (χ3n) is 2.65. The van der Waals surface area contributed by atoms with Gasteiger partial charge in [-0.25, -0.2) is 4.98 Å². The van der Waals surface area contributed by atoms with Crippen molar-refractivity contribution in [2.24, 2.45) is 0 Å². The first-order chi connectivity index (χ1) is 8.43. The summed E-state index contributed by atoms with van der Waals surface area (Å²) in [4.78, 5) is 4.07. The van der Waals surface area contributed by atoms with Gasteiger partial charge in [0.1, 0.15) is 0 Å². The molecule has 2 heteroatoms. The zero-order valence-corrected chi connectivity index (χ0v) is 10.8. The first kappa shape index (κ1) is 13.8. The average molecular weight is 233 g/mol. The number of aromatic nitrogens is 1. The van der Waals surface area contributed by atoms with Crippen LogP contribution in [0.4, 0.5) is 0 Å². The second-order valence-electron chi connectivity index (χ2n) is 4.21. The Hall–Kier alpha value is -1.31. The van der Waals surface area contributed by atoms with Crippen LogP contribution in [-0.2, 0) is 0 Å². The standard InChI is InChI=1S/C15H23NO/c1-2-3-4-5-6-7-8-11-14-17-15-12-9-10-13-16-15/h9-14H,2-8H2,1H3. The predicted molar refractivity (Wildman–Crippen MR) is 72.0 cm³/mol. The fraction of sp³-hybridized carbons (Fsp3) is 0.533. The monoisotopic (exact) mass is 233 g/mol. The van der Waals surface area contributed by atoms with Gasteiger partial charge in [0.15, 0.2) is 0 Å². The van der Waals surface area contributed by atoms with Crippen molar-refractivity contribution in [1.82, 2.24) is 4.98 Å². The second kappa shape index (κ2) is 9.88. The van der Waals surface area contributed by atoms with Gasteiger partial charge in [-0.15, -0.1) is 0 Å². The summed E-state index contributed by atoms with van der Waals surface area (Å²) >= 11 is 0. The van der Waals surface area contributed by atoms with E-state index in [1.807, 2.05) is 18.2 Å². The number of rotatable bonds is 9. The van der Waals surface area contributed by atoms with Gasteiger partial charge in [-0.3, -0.25) is 0 Å². The second-order valence-corrected chi connectivity index (χ2v) is 4.21. The Morgan fingerprint density at radius 1 is 1.12 bits per heavy atom. The molecule has 94 valence electrons. The molecule has 0 bridgehead atoms. The molecule has 0 radical (unpaired) electrons. The van der Waals surface area contributed by atoms with Gasteiger partial charge in [0.05, 0.1) is 6.26 Å². The SMILES string of the molecule is CCCCCCCCC=COc1ccccn1. The quantitative estimate of drug-likeness (QED) is 0.454. The van der Waals surface area contributed by atoms with Gasteiger partial charge in [0.2, 0.25) is 5.88 Å². The summed E-state index contributed by atoms with van der Waals surface area (Å²) in [5, 5.41) is 0. The highest BCUT2D eigenvalue weighted by Crippen LogP contribution is 2.08. The van der Waals surface area contributed by atoms with E-state index >= 15 is 0 Å². The molecule has 0 N–H and O–H groups in total. The number of nitrogens with zero attached hydrogens (tertiary/aromatic N) is 1. The largest absolute Gasteiger partial charge is 0.447 e. The van der Waals surface area contributed by atoms with E-state index in [1.54, 1.807) is 12.5 Å². The molecule has 0 fully saturated rings. The van der Waals surface area contributed by atoms with E-state index in [-0.39, 0.29) is 0 Å². The highest BCUT2D eigenvalue weighted by Gasteiger charge is 1.89. The van der Waals surface area contributed by atoms with Crippen molar-refractivity contribution in [2.45, 2.75) is 51.9 Å². The van der Waals surface area contributed by atoms with Crippen LogP contribution in [0.5, 0.6) is 5.88 Å². The van der Waals surface area contributed by atoms with Crippen molar-refractivity contribution < 1.29 is 4.74 Å². The van der Waals surface area contributed by atoms with Gasteiger partial charge in [0.25, 0.3) is 0 Å². The van der Waals surface area contributed by atoms with Crippen molar-refractivity contribution in [2.75, 3.05) is 0 Å². The molecule has 0 unspecified atom stereocenters. The van der Waals surface area contributed by atoms with Crippen molar-refractivity contribution in [3.8, 4) is 5.88 Å². The van der Waals surface area contributed by atoms with Crippen LogP contribution in [0.2, 0.25) is 0 Å². The average Bonchev–Trinajstić information content (AvgIpc) is 2.38. The lowest BCUT2D eigenvalue weighted by Gasteiger charge is -1.98. The van der Waals surface area contributed by atoms with Crippen LogP contribution in [0.3, 0.4) is 0 Å². The lowest BCUT2D eigenvalue weighted by atomic mass is 10.1. The highest BCUT2D eigenvalue weighted by molar-refractivity contribution is 5.10. The molecular weight excluding hydrogens is 210 g/mol. The van der Waals surface area contributed by atoms with Gasteiger partial charge in [-0.05, 0) is 25.0 Å². The lowest BCUT2D eigenvalue weighted by molar-refractivity contribution is 0.458. The fourth-order valence-corrected chi connectivity index (χ4v) is 1.65. The number of pyridine rings is 1. The van der Waals surface area contributed by atoms with E-state index in [1.165, 1.54) is 38.5 Å².